The first-order chi connectivity index (χ1) is 8.84. The Morgan fingerprint density at radius 1 is 1.37 bits per heavy atom. The highest BCUT2D eigenvalue weighted by Crippen LogP contribution is 2.36. The molecule has 1 aliphatic heterocycles. The lowest BCUT2D eigenvalue weighted by molar-refractivity contribution is -0.167. The molecule has 3 nitrogen and oxygen atoms in total. The SMILES string of the molecule is [B]OC(=O)C(c1ccc(F)cc1F)N1CC(F)(F)C1. The lowest BCUT2D eigenvalue weighted by Crippen LogP contribution is -2.58. The van der Waals surface area contributed by atoms with E-state index in [4.69, 9.17) is 8.05 Å². The zero-order valence-corrected chi connectivity index (χ0v) is 9.58. The van der Waals surface area contributed by atoms with E-state index in [9.17, 15) is 22.4 Å². The van der Waals surface area contributed by atoms with E-state index < -0.39 is 42.7 Å². The summed E-state index contributed by atoms with van der Waals surface area (Å²) >= 11 is 0. The molecule has 0 aliphatic carbocycles. The molecule has 1 aromatic rings. The molecule has 1 aromatic carbocycles. The van der Waals surface area contributed by atoms with Crippen LogP contribution in [0.4, 0.5) is 17.6 Å². The van der Waals surface area contributed by atoms with Gasteiger partial charge >= 0.3 is 14.0 Å². The molecule has 0 saturated carbocycles. The number of carbonyl (C=O) groups is 1. The van der Waals surface area contributed by atoms with E-state index in [2.05, 4.69) is 4.65 Å². The first kappa shape index (κ1) is 13.9. The van der Waals surface area contributed by atoms with Crippen LogP contribution in [0.25, 0.3) is 0 Å². The molecule has 0 spiro atoms. The Balaban J connectivity index is 2.31. The van der Waals surface area contributed by atoms with Crippen LogP contribution in [-0.2, 0) is 9.45 Å². The van der Waals surface area contributed by atoms with Crippen LogP contribution in [0.1, 0.15) is 11.6 Å². The zero-order valence-electron chi connectivity index (χ0n) is 9.58. The highest BCUT2D eigenvalue weighted by atomic mass is 19.3. The number of halogens is 4. The van der Waals surface area contributed by atoms with Crippen molar-refractivity contribution in [2.45, 2.75) is 12.0 Å². The molecule has 1 saturated heterocycles. The van der Waals surface area contributed by atoms with Crippen LogP contribution >= 0.6 is 0 Å². The third kappa shape index (κ3) is 2.73. The first-order valence-electron chi connectivity index (χ1n) is 5.31. The highest BCUT2D eigenvalue weighted by Gasteiger charge is 2.49. The van der Waals surface area contributed by atoms with Crippen molar-refractivity contribution in [2.24, 2.45) is 0 Å². The predicted octanol–water partition coefficient (Wildman–Crippen LogP) is 1.58. The van der Waals surface area contributed by atoms with E-state index in [0.717, 1.165) is 17.0 Å². The molecular weight excluding hydrogens is 265 g/mol. The van der Waals surface area contributed by atoms with Gasteiger partial charge in [-0.05, 0) is 6.07 Å². The van der Waals surface area contributed by atoms with Crippen molar-refractivity contribution < 1.29 is 27.0 Å². The molecule has 1 atom stereocenters. The van der Waals surface area contributed by atoms with Gasteiger partial charge in [-0.25, -0.2) is 17.6 Å². The van der Waals surface area contributed by atoms with Crippen LogP contribution in [0.3, 0.4) is 0 Å². The normalized spacial score (nSPS) is 19.6. The molecular formula is C11H8BF4NO2. The van der Waals surface area contributed by atoms with E-state index in [1.807, 2.05) is 0 Å². The lowest BCUT2D eigenvalue weighted by atomic mass is 9.99. The van der Waals surface area contributed by atoms with Gasteiger partial charge in [0.2, 0.25) is 0 Å². The molecule has 0 bridgehead atoms. The van der Waals surface area contributed by atoms with Gasteiger partial charge in [0.25, 0.3) is 5.92 Å². The van der Waals surface area contributed by atoms with E-state index >= 15 is 0 Å². The minimum Gasteiger partial charge on any atom is -0.542 e. The molecule has 8 heteroatoms. The monoisotopic (exact) mass is 273 g/mol. The third-order valence-corrected chi connectivity index (χ3v) is 2.83. The van der Waals surface area contributed by atoms with E-state index in [1.54, 1.807) is 0 Å². The number of alkyl halides is 2. The topological polar surface area (TPSA) is 29.5 Å². The minimum absolute atomic E-state index is 0.257. The number of benzene rings is 1. The van der Waals surface area contributed by atoms with Crippen LogP contribution in [-0.4, -0.2) is 37.9 Å². The summed E-state index contributed by atoms with van der Waals surface area (Å²) < 4.78 is 56.0. The summed E-state index contributed by atoms with van der Waals surface area (Å²) in [7, 11) is 4.71. The summed E-state index contributed by atoms with van der Waals surface area (Å²) in [5.41, 5.74) is -0.257. The van der Waals surface area contributed by atoms with Crippen LogP contribution in [0.5, 0.6) is 0 Å². The summed E-state index contributed by atoms with van der Waals surface area (Å²) in [6.07, 6.45) is 0. The Morgan fingerprint density at radius 2 is 2.00 bits per heavy atom. The smallest absolute Gasteiger partial charge is 0.378 e. The number of hydrogen-bond donors (Lipinski definition) is 0. The van der Waals surface area contributed by atoms with Gasteiger partial charge in [-0.2, -0.15) is 0 Å². The Kier molecular flexibility index (Phi) is 3.53. The molecule has 2 radical (unpaired) electrons. The average Bonchev–Trinajstić information content (AvgIpc) is 2.29. The van der Waals surface area contributed by atoms with Crippen LogP contribution < -0.4 is 0 Å². The van der Waals surface area contributed by atoms with Crippen LogP contribution in [0, 0.1) is 11.6 Å². The van der Waals surface area contributed by atoms with Crippen molar-refractivity contribution in [3.8, 4) is 0 Å². The molecule has 0 amide bonds. The minimum atomic E-state index is -2.94. The van der Waals surface area contributed by atoms with Crippen molar-refractivity contribution in [1.29, 1.82) is 0 Å². The van der Waals surface area contributed by atoms with Crippen molar-refractivity contribution in [2.75, 3.05) is 13.1 Å². The number of likely N-dealkylation sites (tertiary alicyclic amines) is 1. The molecule has 1 unspecified atom stereocenters. The van der Waals surface area contributed by atoms with Crippen LogP contribution in [0.2, 0.25) is 0 Å². The molecule has 19 heavy (non-hydrogen) atoms. The number of carbonyl (C=O) groups excluding carboxylic acids is 1. The molecule has 2 rings (SSSR count). The predicted molar refractivity (Wildman–Crippen MR) is 57.5 cm³/mol. The lowest BCUT2D eigenvalue weighted by Gasteiger charge is -2.42. The number of hydrogen-bond acceptors (Lipinski definition) is 3. The molecule has 1 aliphatic rings. The second kappa shape index (κ2) is 4.84. The van der Waals surface area contributed by atoms with Crippen molar-refractivity contribution in [3.05, 3.63) is 35.4 Å². The van der Waals surface area contributed by atoms with Crippen molar-refractivity contribution in [1.82, 2.24) is 4.90 Å². The Labute approximate surface area is 107 Å². The quantitative estimate of drug-likeness (QED) is 0.618. The zero-order chi connectivity index (χ0) is 14.2. The molecule has 1 heterocycles. The van der Waals surface area contributed by atoms with E-state index in [1.165, 1.54) is 0 Å². The Bertz CT molecular complexity index is 503. The average molecular weight is 273 g/mol. The van der Waals surface area contributed by atoms with E-state index in [0.29, 0.717) is 6.07 Å². The Morgan fingerprint density at radius 3 is 2.47 bits per heavy atom. The number of rotatable bonds is 3. The fraction of sp³-hybridized carbons (Fsp3) is 0.364. The second-order valence-electron chi connectivity index (χ2n) is 4.27. The highest BCUT2D eigenvalue weighted by molar-refractivity contribution is 6.06. The fourth-order valence-electron chi connectivity index (χ4n) is 1.99. The number of nitrogens with zero attached hydrogens (tertiary/aromatic N) is 1. The summed E-state index contributed by atoms with van der Waals surface area (Å²) in [5, 5.41) is 0. The largest absolute Gasteiger partial charge is 0.542 e. The maximum Gasteiger partial charge on any atom is 0.378 e. The Hall–Kier alpha value is -1.57. The first-order valence-corrected chi connectivity index (χ1v) is 5.31. The summed E-state index contributed by atoms with van der Waals surface area (Å²) in [6, 6.07) is 1.07. The van der Waals surface area contributed by atoms with Gasteiger partial charge in [0.1, 0.15) is 17.7 Å². The van der Waals surface area contributed by atoms with Crippen molar-refractivity contribution in [3.63, 3.8) is 0 Å². The summed E-state index contributed by atoms with van der Waals surface area (Å²) in [4.78, 5) is 12.5. The second-order valence-corrected chi connectivity index (χ2v) is 4.27. The molecule has 0 N–H and O–H groups in total. The molecule has 1 fully saturated rings. The van der Waals surface area contributed by atoms with Crippen molar-refractivity contribution >= 4 is 14.0 Å². The standard InChI is InChI=1S/C11H8BF4NO2/c12-19-10(18)9(17-4-11(15,16)5-17)7-2-1-6(13)3-8(7)14/h1-3,9H,4-5H2. The molecule has 100 valence electrons. The maximum atomic E-state index is 13.6. The van der Waals surface area contributed by atoms with Gasteiger partial charge < -0.3 is 4.65 Å². The van der Waals surface area contributed by atoms with Gasteiger partial charge in [-0.3, -0.25) is 9.69 Å². The van der Waals surface area contributed by atoms with Gasteiger partial charge in [0, 0.05) is 11.6 Å². The summed E-state index contributed by atoms with van der Waals surface area (Å²) in [5.74, 6) is -5.88. The van der Waals surface area contributed by atoms with Crippen LogP contribution in [0.15, 0.2) is 18.2 Å². The van der Waals surface area contributed by atoms with Gasteiger partial charge in [0.15, 0.2) is 0 Å². The maximum absolute atomic E-state index is 13.6. The van der Waals surface area contributed by atoms with Gasteiger partial charge in [-0.1, -0.05) is 6.07 Å². The molecule has 0 aromatic heterocycles. The van der Waals surface area contributed by atoms with E-state index in [-0.39, 0.29) is 5.56 Å². The fourth-order valence-corrected chi connectivity index (χ4v) is 1.99. The third-order valence-electron chi connectivity index (χ3n) is 2.83. The van der Waals surface area contributed by atoms with Gasteiger partial charge in [-0.15, -0.1) is 0 Å². The summed E-state index contributed by atoms with van der Waals surface area (Å²) in [6.45, 7) is -1.44. The van der Waals surface area contributed by atoms with Gasteiger partial charge in [0.05, 0.1) is 13.1 Å².